The molecule has 1 amide bonds. The molecule has 0 spiro atoms. The molecule has 6 nitrogen and oxygen atoms in total. The molecule has 2 unspecified atom stereocenters. The van der Waals surface area contributed by atoms with Gasteiger partial charge in [0.15, 0.2) is 0 Å². The van der Waals surface area contributed by atoms with Crippen LogP contribution in [0.15, 0.2) is 0 Å². The third-order valence-electron chi connectivity index (χ3n) is 6.19. The predicted octanol–water partition coefficient (Wildman–Crippen LogP) is 1.59. The van der Waals surface area contributed by atoms with E-state index in [9.17, 15) is 18.3 Å². The van der Waals surface area contributed by atoms with Crippen molar-refractivity contribution in [3.8, 4) is 0 Å². The number of rotatable bonds is 5. The van der Waals surface area contributed by atoms with Gasteiger partial charge in [-0.25, -0.2) is 12.7 Å². The minimum atomic E-state index is -3.26. The Balaban J connectivity index is 1.44. The van der Waals surface area contributed by atoms with Gasteiger partial charge in [-0.3, -0.25) is 4.79 Å². The first-order valence-electron chi connectivity index (χ1n) is 9.89. The predicted molar refractivity (Wildman–Crippen MR) is 96.5 cm³/mol. The highest BCUT2D eigenvalue weighted by molar-refractivity contribution is 7.89. The molecule has 1 N–H and O–H groups in total. The minimum absolute atomic E-state index is 0.0278. The van der Waals surface area contributed by atoms with E-state index in [-0.39, 0.29) is 18.1 Å². The largest absolute Gasteiger partial charge is 0.391 e. The van der Waals surface area contributed by atoms with Gasteiger partial charge in [0.2, 0.25) is 15.9 Å². The standard InChI is InChI=1S/C18H32N2O4S/c21-17-7-3-10-19(14-17)18(22)8-4-12-25(23,24)20-11-9-15-5-1-2-6-16(15)13-20/h15-17,21H,1-14H2/t15?,16?,17-/m1/s1. The number of piperidine rings is 2. The van der Waals surface area contributed by atoms with Crippen LogP contribution in [0.3, 0.4) is 0 Å². The molecule has 0 aromatic carbocycles. The van der Waals surface area contributed by atoms with Crippen LogP contribution in [-0.4, -0.2) is 66.7 Å². The van der Waals surface area contributed by atoms with E-state index in [4.69, 9.17) is 0 Å². The summed E-state index contributed by atoms with van der Waals surface area (Å²) in [6.07, 6.45) is 7.70. The molecular formula is C18H32N2O4S. The molecule has 25 heavy (non-hydrogen) atoms. The fourth-order valence-electron chi connectivity index (χ4n) is 4.69. The number of hydrogen-bond donors (Lipinski definition) is 1. The molecule has 1 aliphatic carbocycles. The summed E-state index contributed by atoms with van der Waals surface area (Å²) in [5.74, 6) is 1.29. The first kappa shape index (κ1) is 19.1. The quantitative estimate of drug-likeness (QED) is 0.795. The Hall–Kier alpha value is -0.660. The number of aliphatic hydroxyl groups excluding tert-OH is 1. The highest BCUT2D eigenvalue weighted by Gasteiger charge is 2.35. The van der Waals surface area contributed by atoms with Crippen LogP contribution in [0.5, 0.6) is 0 Å². The Kier molecular flexibility index (Phi) is 6.39. The van der Waals surface area contributed by atoms with Gasteiger partial charge in [-0.05, 0) is 43.9 Å². The summed E-state index contributed by atoms with van der Waals surface area (Å²) in [6, 6.07) is 0. The van der Waals surface area contributed by atoms with Gasteiger partial charge in [0.05, 0.1) is 11.9 Å². The molecule has 0 aromatic heterocycles. The van der Waals surface area contributed by atoms with E-state index in [0.29, 0.717) is 44.4 Å². The highest BCUT2D eigenvalue weighted by atomic mass is 32.2. The lowest BCUT2D eigenvalue weighted by atomic mass is 9.76. The van der Waals surface area contributed by atoms with Gasteiger partial charge in [-0.2, -0.15) is 0 Å². The van der Waals surface area contributed by atoms with Crippen LogP contribution in [0.25, 0.3) is 0 Å². The Morgan fingerprint density at radius 3 is 2.48 bits per heavy atom. The van der Waals surface area contributed by atoms with E-state index in [1.807, 2.05) is 0 Å². The summed E-state index contributed by atoms with van der Waals surface area (Å²) in [6.45, 7) is 2.40. The lowest BCUT2D eigenvalue weighted by Gasteiger charge is -2.40. The second-order valence-corrected chi connectivity index (χ2v) is 10.1. The van der Waals surface area contributed by atoms with Gasteiger partial charge in [-0.15, -0.1) is 0 Å². The number of hydrogen-bond acceptors (Lipinski definition) is 4. The van der Waals surface area contributed by atoms with E-state index in [2.05, 4.69) is 0 Å². The van der Waals surface area contributed by atoms with Gasteiger partial charge >= 0.3 is 0 Å². The highest BCUT2D eigenvalue weighted by Crippen LogP contribution is 2.36. The summed E-state index contributed by atoms with van der Waals surface area (Å²) < 4.78 is 26.9. The molecule has 0 radical (unpaired) electrons. The molecule has 3 atom stereocenters. The number of amides is 1. The molecule has 3 fully saturated rings. The van der Waals surface area contributed by atoms with Crippen molar-refractivity contribution in [2.75, 3.05) is 31.9 Å². The molecular weight excluding hydrogens is 340 g/mol. The van der Waals surface area contributed by atoms with Crippen LogP contribution >= 0.6 is 0 Å². The number of carbonyl (C=O) groups excluding carboxylic acids is 1. The number of fused-ring (bicyclic) bond motifs is 1. The summed E-state index contributed by atoms with van der Waals surface area (Å²) in [4.78, 5) is 13.9. The van der Waals surface area contributed by atoms with Crippen LogP contribution in [0.2, 0.25) is 0 Å². The number of likely N-dealkylation sites (tertiary alicyclic amines) is 1. The van der Waals surface area contributed by atoms with Crippen LogP contribution in [0.4, 0.5) is 0 Å². The van der Waals surface area contributed by atoms with E-state index in [1.54, 1.807) is 9.21 Å². The Morgan fingerprint density at radius 2 is 1.72 bits per heavy atom. The maximum Gasteiger partial charge on any atom is 0.222 e. The first-order valence-corrected chi connectivity index (χ1v) is 11.5. The van der Waals surface area contributed by atoms with Crippen molar-refractivity contribution in [3.05, 3.63) is 0 Å². The van der Waals surface area contributed by atoms with Crippen LogP contribution in [0, 0.1) is 11.8 Å². The summed E-state index contributed by atoms with van der Waals surface area (Å²) >= 11 is 0. The number of nitrogens with zero attached hydrogens (tertiary/aromatic N) is 2. The molecule has 2 saturated heterocycles. The molecule has 3 rings (SSSR count). The molecule has 2 aliphatic heterocycles. The van der Waals surface area contributed by atoms with Crippen molar-refractivity contribution in [2.24, 2.45) is 11.8 Å². The lowest BCUT2D eigenvalue weighted by Crippen LogP contribution is -2.45. The molecule has 1 saturated carbocycles. The molecule has 0 aromatic rings. The first-order chi connectivity index (χ1) is 12.0. The van der Waals surface area contributed by atoms with Crippen molar-refractivity contribution in [1.29, 1.82) is 0 Å². The molecule has 7 heteroatoms. The normalized spacial score (nSPS) is 31.6. The van der Waals surface area contributed by atoms with Crippen molar-refractivity contribution in [3.63, 3.8) is 0 Å². The van der Waals surface area contributed by atoms with Crippen LogP contribution in [0.1, 0.15) is 57.8 Å². The van der Waals surface area contributed by atoms with E-state index in [0.717, 1.165) is 25.7 Å². The molecule has 0 bridgehead atoms. The molecule has 144 valence electrons. The van der Waals surface area contributed by atoms with Crippen molar-refractivity contribution >= 4 is 15.9 Å². The third kappa shape index (κ3) is 4.95. The van der Waals surface area contributed by atoms with Crippen molar-refractivity contribution in [2.45, 2.75) is 63.9 Å². The summed E-state index contributed by atoms with van der Waals surface area (Å²) in [5, 5.41) is 9.65. The Bertz CT molecular complexity index is 565. The van der Waals surface area contributed by atoms with E-state index >= 15 is 0 Å². The van der Waals surface area contributed by atoms with Gasteiger partial charge in [0.25, 0.3) is 0 Å². The topological polar surface area (TPSA) is 77.9 Å². The SMILES string of the molecule is O=C(CCCS(=O)(=O)N1CCC2CCCCC2C1)N1CCC[C@@H](O)C1. The van der Waals surface area contributed by atoms with Gasteiger partial charge < -0.3 is 10.0 Å². The van der Waals surface area contributed by atoms with Crippen LogP contribution in [-0.2, 0) is 14.8 Å². The van der Waals surface area contributed by atoms with E-state index in [1.165, 1.54) is 19.3 Å². The zero-order chi connectivity index (χ0) is 17.9. The van der Waals surface area contributed by atoms with Crippen LogP contribution < -0.4 is 0 Å². The monoisotopic (exact) mass is 372 g/mol. The van der Waals surface area contributed by atoms with Gasteiger partial charge in [0, 0.05) is 32.6 Å². The lowest BCUT2D eigenvalue weighted by molar-refractivity contribution is -0.134. The number of sulfonamides is 1. The summed E-state index contributed by atoms with van der Waals surface area (Å²) in [7, 11) is -3.26. The van der Waals surface area contributed by atoms with Crippen molar-refractivity contribution in [1.82, 2.24) is 9.21 Å². The number of carbonyl (C=O) groups is 1. The average Bonchev–Trinajstić information content (AvgIpc) is 2.61. The zero-order valence-electron chi connectivity index (χ0n) is 15.1. The fourth-order valence-corrected chi connectivity index (χ4v) is 6.26. The maximum atomic E-state index is 12.6. The Morgan fingerprint density at radius 1 is 0.960 bits per heavy atom. The average molecular weight is 373 g/mol. The minimum Gasteiger partial charge on any atom is -0.391 e. The van der Waals surface area contributed by atoms with Crippen molar-refractivity contribution < 1.29 is 18.3 Å². The van der Waals surface area contributed by atoms with Gasteiger partial charge in [0.1, 0.15) is 0 Å². The second kappa shape index (κ2) is 8.35. The second-order valence-electron chi connectivity index (χ2n) is 8.01. The molecule has 3 aliphatic rings. The van der Waals surface area contributed by atoms with E-state index < -0.39 is 16.1 Å². The fraction of sp³-hybridized carbons (Fsp3) is 0.944. The van der Waals surface area contributed by atoms with Gasteiger partial charge in [-0.1, -0.05) is 19.3 Å². The summed E-state index contributed by atoms with van der Waals surface area (Å²) in [5.41, 5.74) is 0. The smallest absolute Gasteiger partial charge is 0.222 e. The number of aliphatic hydroxyl groups is 1. The number of β-amino-alcohol motifs (C(OH)–C–C–N with tert-alkyl or cyclic N) is 1. The molecule has 2 heterocycles. The maximum absolute atomic E-state index is 12.6. The Labute approximate surface area is 151 Å². The zero-order valence-corrected chi connectivity index (χ0v) is 15.9. The third-order valence-corrected chi connectivity index (χ3v) is 8.11.